The van der Waals surface area contributed by atoms with Crippen molar-refractivity contribution >= 4 is 22.8 Å². The van der Waals surface area contributed by atoms with Crippen LogP contribution in [0.25, 0.3) is 22.4 Å². The molecule has 1 fully saturated rings. The van der Waals surface area contributed by atoms with Crippen LogP contribution in [0.4, 0.5) is 10.2 Å². The fraction of sp³-hybridized carbons (Fsp3) is 0.400. The smallest absolute Gasteiger partial charge is 0.263 e. The van der Waals surface area contributed by atoms with Crippen LogP contribution in [-0.2, 0) is 4.79 Å². The largest absolute Gasteiger partial charge is 0.355 e. The monoisotopic (exact) mass is 383 g/mol. The Morgan fingerprint density at radius 1 is 1.29 bits per heavy atom. The van der Waals surface area contributed by atoms with Crippen molar-refractivity contribution in [2.75, 3.05) is 18.0 Å². The molecular formula is C20H22FN5O2. The van der Waals surface area contributed by atoms with Gasteiger partial charge in [0.15, 0.2) is 0 Å². The maximum Gasteiger partial charge on any atom is 0.263 e. The number of fused-ring (bicyclic) bond motifs is 1. The van der Waals surface area contributed by atoms with Gasteiger partial charge in [-0.25, -0.2) is 9.37 Å². The van der Waals surface area contributed by atoms with Crippen LogP contribution in [0.15, 0.2) is 35.1 Å². The minimum absolute atomic E-state index is 0.0640. The lowest BCUT2D eigenvalue weighted by molar-refractivity contribution is -0.125. The minimum atomic E-state index is -0.317. The second-order valence-corrected chi connectivity index (χ2v) is 7.36. The predicted molar refractivity (Wildman–Crippen MR) is 103 cm³/mol. The van der Waals surface area contributed by atoms with Gasteiger partial charge in [0.1, 0.15) is 29.0 Å². The maximum atomic E-state index is 13.3. The van der Waals surface area contributed by atoms with Crippen molar-refractivity contribution in [2.45, 2.75) is 32.7 Å². The molecule has 0 unspecified atom stereocenters. The number of benzene rings is 1. The Hall–Kier alpha value is -3.03. The van der Waals surface area contributed by atoms with Gasteiger partial charge in [-0.15, -0.1) is 0 Å². The Labute approximate surface area is 161 Å². The van der Waals surface area contributed by atoms with Gasteiger partial charge in [0.25, 0.3) is 5.71 Å². The quantitative estimate of drug-likeness (QED) is 0.745. The lowest BCUT2D eigenvalue weighted by Crippen LogP contribution is -2.45. The zero-order valence-corrected chi connectivity index (χ0v) is 15.9. The van der Waals surface area contributed by atoms with Crippen LogP contribution >= 0.6 is 0 Å². The number of halogens is 1. The number of nitrogens with one attached hydrogen (secondary N) is 1. The number of carbonyl (C=O) groups excluding carboxylic acids is 1. The third-order valence-electron chi connectivity index (χ3n) is 4.89. The Kier molecular flexibility index (Phi) is 4.93. The predicted octanol–water partition coefficient (Wildman–Crippen LogP) is 3.16. The van der Waals surface area contributed by atoms with E-state index in [4.69, 9.17) is 4.52 Å². The molecule has 1 amide bonds. The average molecular weight is 383 g/mol. The molecule has 2 aromatic heterocycles. The van der Waals surface area contributed by atoms with Gasteiger partial charge in [0, 0.05) is 24.7 Å². The van der Waals surface area contributed by atoms with Gasteiger partial charge in [-0.3, -0.25) is 4.79 Å². The Balaban J connectivity index is 1.69. The van der Waals surface area contributed by atoms with Crippen molar-refractivity contribution in [3.05, 3.63) is 36.4 Å². The van der Waals surface area contributed by atoms with Crippen molar-refractivity contribution in [1.82, 2.24) is 20.4 Å². The van der Waals surface area contributed by atoms with E-state index in [0.717, 1.165) is 24.9 Å². The molecule has 3 aromatic rings. The van der Waals surface area contributed by atoms with Crippen LogP contribution in [0.3, 0.4) is 0 Å². The fourth-order valence-electron chi connectivity index (χ4n) is 3.60. The van der Waals surface area contributed by atoms with Crippen LogP contribution < -0.4 is 10.2 Å². The molecular weight excluding hydrogens is 361 g/mol. The third-order valence-corrected chi connectivity index (χ3v) is 4.89. The first-order chi connectivity index (χ1) is 13.5. The van der Waals surface area contributed by atoms with Crippen LogP contribution in [-0.4, -0.2) is 40.2 Å². The number of nitrogens with zero attached hydrogens (tertiary/aromatic N) is 4. The highest BCUT2D eigenvalue weighted by Crippen LogP contribution is 2.34. The van der Waals surface area contributed by atoms with Crippen LogP contribution in [0.5, 0.6) is 0 Å². The number of rotatable bonds is 4. The van der Waals surface area contributed by atoms with E-state index in [9.17, 15) is 9.18 Å². The Bertz CT molecular complexity index is 986. The molecule has 28 heavy (non-hydrogen) atoms. The molecule has 0 spiro atoms. The van der Waals surface area contributed by atoms with E-state index >= 15 is 0 Å². The maximum absolute atomic E-state index is 13.3. The van der Waals surface area contributed by atoms with Gasteiger partial charge in [-0.1, -0.05) is 5.16 Å². The standard InChI is InChI=1S/C20H22FN5O2/c1-12(2)24-19(27)14-4-3-9-26(10-14)18-16-17(13-5-7-15(21)8-6-13)25-28-20(16)23-11-22-18/h5-8,11-12,14H,3-4,9-10H2,1-2H3,(H,24,27)/t14-/m0/s1. The molecule has 4 rings (SSSR count). The molecule has 1 aliphatic rings. The summed E-state index contributed by atoms with van der Waals surface area (Å²) in [5, 5.41) is 7.81. The summed E-state index contributed by atoms with van der Waals surface area (Å²) < 4.78 is 18.7. The highest BCUT2D eigenvalue weighted by atomic mass is 19.1. The van der Waals surface area contributed by atoms with Gasteiger partial charge in [-0.05, 0) is 51.0 Å². The van der Waals surface area contributed by atoms with E-state index in [-0.39, 0.29) is 23.7 Å². The van der Waals surface area contributed by atoms with Gasteiger partial charge in [0.2, 0.25) is 5.91 Å². The van der Waals surface area contributed by atoms with Crippen molar-refractivity contribution in [2.24, 2.45) is 5.92 Å². The molecule has 7 nitrogen and oxygen atoms in total. The number of hydrogen-bond donors (Lipinski definition) is 1. The van der Waals surface area contributed by atoms with E-state index in [2.05, 4.69) is 25.3 Å². The highest BCUT2D eigenvalue weighted by molar-refractivity contribution is 5.98. The zero-order chi connectivity index (χ0) is 19.7. The topological polar surface area (TPSA) is 84.2 Å². The van der Waals surface area contributed by atoms with E-state index in [1.165, 1.54) is 18.5 Å². The first kappa shape index (κ1) is 18.3. The number of carbonyl (C=O) groups is 1. The molecule has 0 radical (unpaired) electrons. The SMILES string of the molecule is CC(C)NC(=O)[C@H]1CCCN(c2ncnc3onc(-c4ccc(F)cc4)c23)C1. The molecule has 1 atom stereocenters. The van der Waals surface area contributed by atoms with Gasteiger partial charge < -0.3 is 14.7 Å². The molecule has 0 aliphatic carbocycles. The van der Waals surface area contributed by atoms with Gasteiger partial charge in [0.05, 0.1) is 5.92 Å². The summed E-state index contributed by atoms with van der Waals surface area (Å²) in [6, 6.07) is 6.17. The third kappa shape index (κ3) is 3.54. The van der Waals surface area contributed by atoms with Gasteiger partial charge in [-0.2, -0.15) is 4.98 Å². The summed E-state index contributed by atoms with van der Waals surface area (Å²) >= 11 is 0. The van der Waals surface area contributed by atoms with Crippen LogP contribution in [0, 0.1) is 11.7 Å². The molecule has 146 valence electrons. The molecule has 0 saturated carbocycles. The van der Waals surface area contributed by atoms with E-state index in [1.54, 1.807) is 12.1 Å². The van der Waals surface area contributed by atoms with E-state index in [1.807, 2.05) is 13.8 Å². The second-order valence-electron chi connectivity index (χ2n) is 7.36. The number of anilines is 1. The molecule has 3 heterocycles. The lowest BCUT2D eigenvalue weighted by atomic mass is 9.96. The summed E-state index contributed by atoms with van der Waals surface area (Å²) in [6.07, 6.45) is 3.17. The molecule has 1 aromatic carbocycles. The second kappa shape index (κ2) is 7.53. The van der Waals surface area contributed by atoms with Crippen molar-refractivity contribution in [1.29, 1.82) is 0 Å². The first-order valence-corrected chi connectivity index (χ1v) is 9.44. The lowest BCUT2D eigenvalue weighted by Gasteiger charge is -2.33. The number of amides is 1. The van der Waals surface area contributed by atoms with E-state index in [0.29, 0.717) is 29.2 Å². The number of aromatic nitrogens is 3. The first-order valence-electron chi connectivity index (χ1n) is 9.44. The Morgan fingerprint density at radius 3 is 2.82 bits per heavy atom. The summed E-state index contributed by atoms with van der Waals surface area (Å²) in [7, 11) is 0. The van der Waals surface area contributed by atoms with Crippen molar-refractivity contribution in [3.63, 3.8) is 0 Å². The molecule has 1 aliphatic heterocycles. The normalized spacial score (nSPS) is 17.3. The molecule has 0 bridgehead atoms. The molecule has 1 saturated heterocycles. The van der Waals surface area contributed by atoms with Crippen LogP contribution in [0.2, 0.25) is 0 Å². The van der Waals surface area contributed by atoms with Gasteiger partial charge >= 0.3 is 0 Å². The van der Waals surface area contributed by atoms with E-state index < -0.39 is 0 Å². The average Bonchev–Trinajstić information content (AvgIpc) is 3.12. The minimum Gasteiger partial charge on any atom is -0.355 e. The molecule has 8 heteroatoms. The number of hydrogen-bond acceptors (Lipinski definition) is 6. The summed E-state index contributed by atoms with van der Waals surface area (Å²) in [4.78, 5) is 23.2. The summed E-state index contributed by atoms with van der Waals surface area (Å²) in [5.41, 5.74) is 1.67. The summed E-state index contributed by atoms with van der Waals surface area (Å²) in [6.45, 7) is 5.27. The number of piperidine rings is 1. The molecule has 1 N–H and O–H groups in total. The van der Waals surface area contributed by atoms with Crippen LogP contribution in [0.1, 0.15) is 26.7 Å². The fourth-order valence-corrected chi connectivity index (χ4v) is 3.60. The summed E-state index contributed by atoms with van der Waals surface area (Å²) in [5.74, 6) is 0.333. The van der Waals surface area contributed by atoms with Crippen molar-refractivity contribution in [3.8, 4) is 11.3 Å². The van der Waals surface area contributed by atoms with Crippen molar-refractivity contribution < 1.29 is 13.7 Å². The highest BCUT2D eigenvalue weighted by Gasteiger charge is 2.29. The zero-order valence-electron chi connectivity index (χ0n) is 15.9. The Morgan fingerprint density at radius 2 is 2.07 bits per heavy atom.